The Kier molecular flexibility index (Phi) is 6.45. The smallest absolute Gasteiger partial charge is 0.336 e. The van der Waals surface area contributed by atoms with Gasteiger partial charge in [0.25, 0.3) is 5.91 Å². The lowest BCUT2D eigenvalue weighted by Gasteiger charge is -2.34. The molecule has 160 valence electrons. The highest BCUT2D eigenvalue weighted by Gasteiger charge is 2.36. The molecule has 0 aromatic heterocycles. The molecule has 8 heteroatoms. The number of piperazine rings is 1. The van der Waals surface area contributed by atoms with Crippen LogP contribution in [0, 0.1) is 13.8 Å². The summed E-state index contributed by atoms with van der Waals surface area (Å²) in [7, 11) is 0. The highest BCUT2D eigenvalue weighted by molar-refractivity contribution is 5.96. The van der Waals surface area contributed by atoms with Gasteiger partial charge in [0.05, 0.1) is 17.7 Å². The number of benzene rings is 2. The zero-order chi connectivity index (χ0) is 21.9. The molecule has 1 N–H and O–H groups in total. The topological polar surface area (TPSA) is 52.7 Å². The molecule has 0 aliphatic carbocycles. The number of para-hydroxylation sites is 1. The normalized spacial score (nSPS) is 15.2. The monoisotopic (exact) mass is 419 g/mol. The van der Waals surface area contributed by atoms with Crippen LogP contribution in [0.15, 0.2) is 42.5 Å². The third-order valence-electron chi connectivity index (χ3n) is 5.24. The van der Waals surface area contributed by atoms with E-state index in [1.807, 2.05) is 36.9 Å². The van der Waals surface area contributed by atoms with Gasteiger partial charge in [-0.25, -0.2) is 0 Å². The fourth-order valence-corrected chi connectivity index (χ4v) is 3.59. The largest absolute Gasteiger partial charge is 0.417 e. The van der Waals surface area contributed by atoms with E-state index in [9.17, 15) is 22.8 Å². The molecule has 1 aliphatic rings. The first-order valence-electron chi connectivity index (χ1n) is 9.70. The van der Waals surface area contributed by atoms with Crippen LogP contribution in [0.25, 0.3) is 0 Å². The number of halogens is 3. The number of nitrogens with zero attached hydrogens (tertiary/aromatic N) is 2. The van der Waals surface area contributed by atoms with Gasteiger partial charge in [-0.15, -0.1) is 0 Å². The van der Waals surface area contributed by atoms with E-state index >= 15 is 0 Å². The lowest BCUT2D eigenvalue weighted by atomic mass is 10.1. The van der Waals surface area contributed by atoms with E-state index in [0.717, 1.165) is 22.9 Å². The number of anilines is 1. The fraction of sp³-hybridized carbons (Fsp3) is 0.364. The van der Waals surface area contributed by atoms with Crippen LogP contribution < -0.4 is 5.32 Å². The molecule has 0 radical (unpaired) electrons. The predicted octanol–water partition coefficient (Wildman–Crippen LogP) is 3.72. The van der Waals surface area contributed by atoms with Gasteiger partial charge in [0.15, 0.2) is 0 Å². The number of alkyl halides is 3. The first kappa shape index (κ1) is 21.8. The van der Waals surface area contributed by atoms with Gasteiger partial charge in [-0.05, 0) is 37.1 Å². The van der Waals surface area contributed by atoms with Crippen molar-refractivity contribution in [3.63, 3.8) is 0 Å². The number of hydrogen-bond donors (Lipinski definition) is 1. The lowest BCUT2D eigenvalue weighted by molar-refractivity contribution is -0.138. The predicted molar refractivity (Wildman–Crippen MR) is 108 cm³/mol. The molecule has 2 amide bonds. The van der Waals surface area contributed by atoms with E-state index in [2.05, 4.69) is 5.32 Å². The van der Waals surface area contributed by atoms with E-state index in [1.165, 1.54) is 23.1 Å². The molecule has 30 heavy (non-hydrogen) atoms. The van der Waals surface area contributed by atoms with Crippen molar-refractivity contribution in [1.29, 1.82) is 0 Å². The van der Waals surface area contributed by atoms with Crippen LogP contribution in [-0.2, 0) is 11.0 Å². The number of amides is 2. The average Bonchev–Trinajstić information content (AvgIpc) is 2.70. The highest BCUT2D eigenvalue weighted by Crippen LogP contribution is 2.32. The van der Waals surface area contributed by atoms with Crippen LogP contribution in [0.4, 0.5) is 18.9 Å². The third kappa shape index (κ3) is 4.99. The van der Waals surface area contributed by atoms with E-state index in [1.54, 1.807) is 0 Å². The maximum atomic E-state index is 13.2. The number of hydrogen-bond acceptors (Lipinski definition) is 3. The lowest BCUT2D eigenvalue weighted by Crippen LogP contribution is -2.50. The highest BCUT2D eigenvalue weighted by atomic mass is 19.4. The third-order valence-corrected chi connectivity index (χ3v) is 5.24. The Morgan fingerprint density at radius 2 is 1.53 bits per heavy atom. The van der Waals surface area contributed by atoms with Gasteiger partial charge in [-0.3, -0.25) is 14.5 Å². The molecule has 2 aromatic carbocycles. The maximum Gasteiger partial charge on any atom is 0.417 e. The molecule has 2 aromatic rings. The Balaban J connectivity index is 1.58. The summed E-state index contributed by atoms with van der Waals surface area (Å²) >= 11 is 0. The molecule has 0 unspecified atom stereocenters. The van der Waals surface area contributed by atoms with Crippen LogP contribution in [0.1, 0.15) is 27.0 Å². The SMILES string of the molecule is Cc1cccc(C)c1NC(=O)CN1CCN(C(=O)c2ccccc2C(F)(F)F)CC1. The van der Waals surface area contributed by atoms with E-state index in [-0.39, 0.29) is 31.1 Å². The Morgan fingerprint density at radius 1 is 0.933 bits per heavy atom. The minimum Gasteiger partial charge on any atom is -0.336 e. The fourth-order valence-electron chi connectivity index (χ4n) is 3.59. The number of rotatable bonds is 4. The Morgan fingerprint density at radius 3 is 2.13 bits per heavy atom. The summed E-state index contributed by atoms with van der Waals surface area (Å²) in [6, 6.07) is 10.6. The van der Waals surface area contributed by atoms with Gasteiger partial charge in [0.2, 0.25) is 5.91 Å². The molecule has 3 rings (SSSR count). The quantitative estimate of drug-likeness (QED) is 0.822. The summed E-state index contributed by atoms with van der Waals surface area (Å²) in [4.78, 5) is 28.4. The van der Waals surface area contributed by atoms with Crippen molar-refractivity contribution in [2.45, 2.75) is 20.0 Å². The van der Waals surface area contributed by atoms with Crippen LogP contribution in [0.2, 0.25) is 0 Å². The first-order chi connectivity index (χ1) is 14.2. The molecule has 0 saturated carbocycles. The van der Waals surface area contributed by atoms with Crippen molar-refractivity contribution in [2.24, 2.45) is 0 Å². The van der Waals surface area contributed by atoms with Crippen molar-refractivity contribution < 1.29 is 22.8 Å². The van der Waals surface area contributed by atoms with Crippen LogP contribution in [0.3, 0.4) is 0 Å². The summed E-state index contributed by atoms with van der Waals surface area (Å²) in [6.07, 6.45) is -4.58. The minimum atomic E-state index is -4.58. The van der Waals surface area contributed by atoms with Gasteiger partial charge in [0, 0.05) is 31.9 Å². The van der Waals surface area contributed by atoms with Gasteiger partial charge >= 0.3 is 6.18 Å². The van der Waals surface area contributed by atoms with Crippen LogP contribution in [0.5, 0.6) is 0 Å². The van der Waals surface area contributed by atoms with Crippen molar-refractivity contribution in [1.82, 2.24) is 9.80 Å². The van der Waals surface area contributed by atoms with E-state index in [4.69, 9.17) is 0 Å². The molecular weight excluding hydrogens is 395 g/mol. The molecule has 0 atom stereocenters. The summed E-state index contributed by atoms with van der Waals surface area (Å²) in [5, 5.41) is 2.92. The van der Waals surface area contributed by atoms with Crippen LogP contribution in [-0.4, -0.2) is 54.3 Å². The molecule has 1 saturated heterocycles. The van der Waals surface area contributed by atoms with Crippen LogP contribution >= 0.6 is 0 Å². The average molecular weight is 419 g/mol. The molecule has 1 fully saturated rings. The molecule has 0 spiro atoms. The summed E-state index contributed by atoms with van der Waals surface area (Å²) < 4.78 is 39.6. The number of carbonyl (C=O) groups is 2. The molecule has 1 heterocycles. The van der Waals surface area contributed by atoms with Crippen molar-refractivity contribution in [3.8, 4) is 0 Å². The van der Waals surface area contributed by atoms with Crippen molar-refractivity contribution >= 4 is 17.5 Å². The van der Waals surface area contributed by atoms with Gasteiger partial charge < -0.3 is 10.2 Å². The molecule has 1 aliphatic heterocycles. The second kappa shape index (κ2) is 8.87. The maximum absolute atomic E-state index is 13.2. The number of nitrogens with one attached hydrogen (secondary N) is 1. The minimum absolute atomic E-state index is 0.158. The van der Waals surface area contributed by atoms with Crippen molar-refractivity contribution in [3.05, 3.63) is 64.7 Å². The summed E-state index contributed by atoms with van der Waals surface area (Å²) in [5.74, 6) is -0.794. The molecular formula is C22H24F3N3O2. The zero-order valence-electron chi connectivity index (χ0n) is 16.9. The number of aryl methyl sites for hydroxylation is 2. The van der Waals surface area contributed by atoms with Gasteiger partial charge in [-0.1, -0.05) is 30.3 Å². The van der Waals surface area contributed by atoms with E-state index < -0.39 is 17.6 Å². The zero-order valence-corrected chi connectivity index (χ0v) is 16.9. The van der Waals surface area contributed by atoms with E-state index in [0.29, 0.717) is 13.1 Å². The second-order valence-electron chi connectivity index (χ2n) is 7.43. The van der Waals surface area contributed by atoms with Crippen molar-refractivity contribution in [2.75, 3.05) is 38.0 Å². The summed E-state index contributed by atoms with van der Waals surface area (Å²) in [5.41, 5.74) is 1.47. The Bertz CT molecular complexity index is 915. The standard InChI is InChI=1S/C22H24F3N3O2/c1-15-6-5-7-16(2)20(15)26-19(29)14-27-10-12-28(13-11-27)21(30)17-8-3-4-9-18(17)22(23,24)25/h3-9H,10-14H2,1-2H3,(H,26,29). The Hall–Kier alpha value is -2.87. The molecule has 0 bridgehead atoms. The first-order valence-corrected chi connectivity index (χ1v) is 9.70. The molecule has 5 nitrogen and oxygen atoms in total. The number of carbonyl (C=O) groups excluding carboxylic acids is 2. The Labute approximate surface area is 173 Å². The van der Waals surface area contributed by atoms with Gasteiger partial charge in [-0.2, -0.15) is 13.2 Å². The summed E-state index contributed by atoms with van der Waals surface area (Å²) in [6.45, 7) is 5.37. The second-order valence-corrected chi connectivity index (χ2v) is 7.43. The van der Waals surface area contributed by atoms with Gasteiger partial charge in [0.1, 0.15) is 0 Å².